The van der Waals surface area contributed by atoms with E-state index in [1.54, 1.807) is 6.07 Å². The monoisotopic (exact) mass is 298 g/mol. The third-order valence-corrected chi connectivity index (χ3v) is 3.98. The van der Waals surface area contributed by atoms with Crippen molar-refractivity contribution in [2.45, 2.75) is 34.3 Å². The highest BCUT2D eigenvalue weighted by molar-refractivity contribution is 5.91. The average Bonchev–Trinajstić information content (AvgIpc) is 2.49. The molecule has 0 aliphatic heterocycles. The number of esters is 1. The van der Waals surface area contributed by atoms with Gasteiger partial charge in [0.05, 0.1) is 12.7 Å². The Bertz CT molecular complexity index is 702. The smallest absolute Gasteiger partial charge is 0.338 e. The molecule has 2 rings (SSSR count). The Hall–Kier alpha value is -2.29. The lowest BCUT2D eigenvalue weighted by Gasteiger charge is -2.15. The predicted octanol–water partition coefficient (Wildman–Crippen LogP) is 4.29. The van der Waals surface area contributed by atoms with E-state index in [4.69, 9.17) is 9.47 Å². The van der Waals surface area contributed by atoms with Gasteiger partial charge in [-0.2, -0.15) is 0 Å². The summed E-state index contributed by atoms with van der Waals surface area (Å²) in [4.78, 5) is 11.9. The van der Waals surface area contributed by atoms with Crippen LogP contribution in [0, 0.1) is 27.7 Å². The van der Waals surface area contributed by atoms with Crippen LogP contribution in [0.5, 0.6) is 5.75 Å². The standard InChI is InChI=1S/C19H22O3/c1-12-7-6-8-16(19(20)21-5)17(12)11-22-18-10-14(3)13(2)9-15(18)4/h6-10H,11H2,1-5H3. The lowest BCUT2D eigenvalue weighted by molar-refractivity contribution is 0.0597. The largest absolute Gasteiger partial charge is 0.489 e. The summed E-state index contributed by atoms with van der Waals surface area (Å²) >= 11 is 0. The molecule has 0 saturated heterocycles. The highest BCUT2D eigenvalue weighted by atomic mass is 16.5. The van der Waals surface area contributed by atoms with Gasteiger partial charge < -0.3 is 9.47 Å². The number of carbonyl (C=O) groups excluding carboxylic acids is 1. The van der Waals surface area contributed by atoms with Crippen molar-refractivity contribution in [1.29, 1.82) is 0 Å². The summed E-state index contributed by atoms with van der Waals surface area (Å²) in [5, 5.41) is 0. The number of benzene rings is 2. The van der Waals surface area contributed by atoms with E-state index in [1.807, 2.05) is 32.0 Å². The van der Waals surface area contributed by atoms with Crippen LogP contribution in [0.15, 0.2) is 30.3 Å². The van der Waals surface area contributed by atoms with Crippen molar-refractivity contribution in [3.05, 3.63) is 63.7 Å². The van der Waals surface area contributed by atoms with Gasteiger partial charge in [0.1, 0.15) is 12.4 Å². The predicted molar refractivity (Wildman–Crippen MR) is 87.5 cm³/mol. The number of rotatable bonds is 4. The first-order chi connectivity index (χ1) is 10.4. The summed E-state index contributed by atoms with van der Waals surface area (Å²) in [6.07, 6.45) is 0. The highest BCUT2D eigenvalue weighted by Gasteiger charge is 2.14. The average molecular weight is 298 g/mol. The first kappa shape index (κ1) is 16.1. The van der Waals surface area contributed by atoms with E-state index < -0.39 is 0 Å². The SMILES string of the molecule is COC(=O)c1cccc(C)c1COc1cc(C)c(C)cc1C. The quantitative estimate of drug-likeness (QED) is 0.790. The fraction of sp³-hybridized carbons (Fsp3) is 0.316. The Morgan fingerprint density at radius 3 is 2.32 bits per heavy atom. The molecule has 0 N–H and O–H groups in total. The first-order valence-electron chi connectivity index (χ1n) is 7.31. The van der Waals surface area contributed by atoms with Gasteiger partial charge in [-0.05, 0) is 62.1 Å². The molecule has 0 saturated carbocycles. The fourth-order valence-electron chi connectivity index (χ4n) is 2.43. The minimum absolute atomic E-state index is 0.334. The molecule has 3 heteroatoms. The molecule has 0 spiro atoms. The van der Waals surface area contributed by atoms with Gasteiger partial charge in [0, 0.05) is 5.56 Å². The summed E-state index contributed by atoms with van der Waals surface area (Å²) < 4.78 is 10.8. The molecule has 0 unspecified atom stereocenters. The van der Waals surface area contributed by atoms with Crippen LogP contribution in [0.25, 0.3) is 0 Å². The number of aryl methyl sites for hydroxylation is 4. The van der Waals surface area contributed by atoms with Crippen molar-refractivity contribution in [2.75, 3.05) is 7.11 Å². The second-order valence-corrected chi connectivity index (χ2v) is 5.58. The van der Waals surface area contributed by atoms with Crippen molar-refractivity contribution in [3.63, 3.8) is 0 Å². The van der Waals surface area contributed by atoms with Crippen molar-refractivity contribution in [2.24, 2.45) is 0 Å². The second kappa shape index (κ2) is 6.65. The molecule has 0 radical (unpaired) electrons. The van der Waals surface area contributed by atoms with E-state index in [0.29, 0.717) is 12.2 Å². The summed E-state index contributed by atoms with van der Waals surface area (Å²) in [5.74, 6) is 0.515. The van der Waals surface area contributed by atoms with Crippen LogP contribution in [0.2, 0.25) is 0 Å². The van der Waals surface area contributed by atoms with E-state index in [-0.39, 0.29) is 5.97 Å². The molecule has 0 aliphatic carbocycles. The molecule has 116 valence electrons. The van der Waals surface area contributed by atoms with Crippen LogP contribution in [0.1, 0.15) is 38.2 Å². The molecule has 0 aromatic heterocycles. The maximum absolute atomic E-state index is 11.9. The first-order valence-corrected chi connectivity index (χ1v) is 7.31. The Morgan fingerprint density at radius 2 is 1.64 bits per heavy atom. The van der Waals surface area contributed by atoms with Crippen molar-refractivity contribution in [3.8, 4) is 5.75 Å². The Balaban J connectivity index is 2.29. The lowest BCUT2D eigenvalue weighted by Crippen LogP contribution is -2.10. The van der Waals surface area contributed by atoms with Crippen molar-refractivity contribution < 1.29 is 14.3 Å². The number of ether oxygens (including phenoxy) is 2. The maximum Gasteiger partial charge on any atom is 0.338 e. The molecular weight excluding hydrogens is 276 g/mol. The van der Waals surface area contributed by atoms with Crippen molar-refractivity contribution in [1.82, 2.24) is 0 Å². The zero-order valence-electron chi connectivity index (χ0n) is 13.8. The van der Waals surface area contributed by atoms with Gasteiger partial charge in [-0.25, -0.2) is 4.79 Å². The van der Waals surface area contributed by atoms with Gasteiger partial charge in [-0.15, -0.1) is 0 Å². The van der Waals surface area contributed by atoms with Gasteiger partial charge in [0.25, 0.3) is 0 Å². The Labute approximate surface area is 131 Å². The molecule has 0 heterocycles. The molecule has 3 nitrogen and oxygen atoms in total. The maximum atomic E-state index is 11.9. The number of hydrogen-bond acceptors (Lipinski definition) is 3. The lowest BCUT2D eigenvalue weighted by atomic mass is 10.0. The van der Waals surface area contributed by atoms with E-state index in [1.165, 1.54) is 18.2 Å². The van der Waals surface area contributed by atoms with Gasteiger partial charge >= 0.3 is 5.97 Å². The molecule has 22 heavy (non-hydrogen) atoms. The normalized spacial score (nSPS) is 10.4. The number of methoxy groups -OCH3 is 1. The zero-order chi connectivity index (χ0) is 16.3. The number of carbonyl (C=O) groups is 1. The topological polar surface area (TPSA) is 35.5 Å². The van der Waals surface area contributed by atoms with E-state index in [0.717, 1.165) is 22.4 Å². The number of hydrogen-bond donors (Lipinski definition) is 0. The van der Waals surface area contributed by atoms with Gasteiger partial charge in [-0.1, -0.05) is 18.2 Å². The summed E-state index contributed by atoms with van der Waals surface area (Å²) in [7, 11) is 1.39. The van der Waals surface area contributed by atoms with Gasteiger partial charge in [-0.3, -0.25) is 0 Å². The third kappa shape index (κ3) is 3.30. The van der Waals surface area contributed by atoms with Crippen LogP contribution in [0.3, 0.4) is 0 Å². The summed E-state index contributed by atoms with van der Waals surface area (Å²) in [6, 6.07) is 9.75. The Kier molecular flexibility index (Phi) is 4.86. The van der Waals surface area contributed by atoms with Gasteiger partial charge in [0.15, 0.2) is 0 Å². The van der Waals surface area contributed by atoms with Crippen LogP contribution in [0.4, 0.5) is 0 Å². The highest BCUT2D eigenvalue weighted by Crippen LogP contribution is 2.25. The van der Waals surface area contributed by atoms with Gasteiger partial charge in [0.2, 0.25) is 0 Å². The third-order valence-electron chi connectivity index (χ3n) is 3.98. The summed E-state index contributed by atoms with van der Waals surface area (Å²) in [6.45, 7) is 8.50. The second-order valence-electron chi connectivity index (χ2n) is 5.58. The van der Waals surface area contributed by atoms with Crippen LogP contribution in [-0.2, 0) is 11.3 Å². The molecule has 0 bridgehead atoms. The fourth-order valence-corrected chi connectivity index (χ4v) is 2.43. The van der Waals surface area contributed by atoms with Crippen LogP contribution >= 0.6 is 0 Å². The molecule has 2 aromatic rings. The minimum atomic E-state index is -0.334. The van der Waals surface area contributed by atoms with Crippen molar-refractivity contribution >= 4 is 5.97 Å². The molecule has 2 aromatic carbocycles. The summed E-state index contributed by atoms with van der Waals surface area (Å²) in [5.41, 5.74) is 5.98. The molecule has 0 atom stereocenters. The molecule has 0 fully saturated rings. The molecule has 0 amide bonds. The molecular formula is C19H22O3. The Morgan fingerprint density at radius 1 is 0.955 bits per heavy atom. The molecule has 0 aliphatic rings. The van der Waals surface area contributed by atoms with Crippen LogP contribution < -0.4 is 4.74 Å². The minimum Gasteiger partial charge on any atom is -0.489 e. The van der Waals surface area contributed by atoms with E-state index in [2.05, 4.69) is 19.9 Å². The van der Waals surface area contributed by atoms with E-state index in [9.17, 15) is 4.79 Å². The van der Waals surface area contributed by atoms with E-state index >= 15 is 0 Å². The van der Waals surface area contributed by atoms with Crippen LogP contribution in [-0.4, -0.2) is 13.1 Å². The zero-order valence-corrected chi connectivity index (χ0v) is 13.8.